The topological polar surface area (TPSA) is 38.7 Å². The molecule has 0 aliphatic rings. The van der Waals surface area contributed by atoms with E-state index in [0.717, 1.165) is 33.4 Å². The number of halogens is 6. The number of aliphatic hydroxyl groups excluding tert-OH is 1. The van der Waals surface area contributed by atoms with Gasteiger partial charge in [-0.2, -0.15) is 0 Å². The molecule has 0 aliphatic heterocycles. The van der Waals surface area contributed by atoms with Crippen LogP contribution in [0, 0.1) is 0 Å². The first-order valence-corrected chi connectivity index (χ1v) is 11.5. The second-order valence-electron chi connectivity index (χ2n) is 8.60. The monoisotopic (exact) mass is 532 g/mol. The van der Waals surface area contributed by atoms with Crippen LogP contribution in [0.15, 0.2) is 97.1 Å². The van der Waals surface area contributed by atoms with E-state index in [1.165, 1.54) is 24.3 Å². The van der Waals surface area contributed by atoms with Crippen molar-refractivity contribution < 1.29 is 40.9 Å². The second-order valence-corrected chi connectivity index (χ2v) is 8.60. The average Bonchev–Trinajstić information content (AvgIpc) is 2.84. The van der Waals surface area contributed by atoms with E-state index in [0.29, 0.717) is 12.8 Å². The molecular weight excluding hydrogens is 510 g/mol. The summed E-state index contributed by atoms with van der Waals surface area (Å²) in [6.45, 7) is 0. The molecule has 0 saturated heterocycles. The minimum atomic E-state index is -4.74. The Morgan fingerprint density at radius 1 is 0.474 bits per heavy atom. The third-order valence-corrected chi connectivity index (χ3v) is 5.69. The zero-order valence-corrected chi connectivity index (χ0v) is 19.8. The van der Waals surface area contributed by atoms with Crippen LogP contribution in [0.2, 0.25) is 0 Å². The maximum Gasteiger partial charge on any atom is 0.573 e. The molecule has 0 radical (unpaired) electrons. The molecule has 0 aromatic heterocycles. The molecule has 4 aromatic carbocycles. The molecule has 0 spiro atoms. The number of ether oxygens (including phenoxy) is 2. The lowest BCUT2D eigenvalue weighted by Crippen LogP contribution is -2.16. The lowest BCUT2D eigenvalue weighted by molar-refractivity contribution is -0.275. The number of aliphatic hydroxyl groups is 1. The van der Waals surface area contributed by atoms with E-state index in [-0.39, 0.29) is 11.5 Å². The van der Waals surface area contributed by atoms with Gasteiger partial charge < -0.3 is 14.6 Å². The summed E-state index contributed by atoms with van der Waals surface area (Å²) in [5, 5.41) is 10.6. The van der Waals surface area contributed by atoms with E-state index in [1.807, 2.05) is 48.5 Å². The number of rotatable bonds is 8. The molecule has 1 N–H and O–H groups in total. The van der Waals surface area contributed by atoms with Crippen molar-refractivity contribution in [2.24, 2.45) is 0 Å². The van der Waals surface area contributed by atoms with Gasteiger partial charge >= 0.3 is 12.7 Å². The van der Waals surface area contributed by atoms with Crippen LogP contribution in [-0.4, -0.2) is 23.9 Å². The molecule has 0 atom stereocenters. The summed E-state index contributed by atoms with van der Waals surface area (Å²) < 4.78 is 81.7. The predicted molar refractivity (Wildman–Crippen MR) is 131 cm³/mol. The summed E-state index contributed by atoms with van der Waals surface area (Å²) >= 11 is 0. The molecule has 198 valence electrons. The van der Waals surface area contributed by atoms with E-state index in [9.17, 15) is 31.4 Å². The Hall–Kier alpha value is -3.98. The minimum Gasteiger partial charge on any atom is -0.406 e. The first kappa shape index (κ1) is 27.1. The highest BCUT2D eigenvalue weighted by molar-refractivity contribution is 5.65. The van der Waals surface area contributed by atoms with Crippen LogP contribution in [0.4, 0.5) is 26.3 Å². The van der Waals surface area contributed by atoms with Gasteiger partial charge in [0.25, 0.3) is 0 Å². The molecule has 4 rings (SSSR count). The fourth-order valence-electron chi connectivity index (χ4n) is 3.98. The highest BCUT2D eigenvalue weighted by Gasteiger charge is 2.31. The highest BCUT2D eigenvalue weighted by Crippen LogP contribution is 2.28. The van der Waals surface area contributed by atoms with Crippen LogP contribution in [-0.2, 0) is 12.8 Å². The summed E-state index contributed by atoms with van der Waals surface area (Å²) in [5.41, 5.74) is 4.89. The Labute approximate surface area is 214 Å². The van der Waals surface area contributed by atoms with Crippen molar-refractivity contribution in [1.29, 1.82) is 0 Å². The molecule has 38 heavy (non-hydrogen) atoms. The molecule has 0 heterocycles. The van der Waals surface area contributed by atoms with E-state index in [1.54, 1.807) is 24.3 Å². The van der Waals surface area contributed by atoms with E-state index >= 15 is 0 Å². The smallest absolute Gasteiger partial charge is 0.406 e. The Balaban J connectivity index is 1.31. The fraction of sp³-hybridized carbons (Fsp3) is 0.172. The third kappa shape index (κ3) is 8.01. The normalized spacial score (nSPS) is 12.0. The maximum absolute atomic E-state index is 12.3. The Morgan fingerprint density at radius 2 is 0.737 bits per heavy atom. The molecule has 0 fully saturated rings. The number of hydrogen-bond acceptors (Lipinski definition) is 3. The average molecular weight is 532 g/mol. The number of hydrogen-bond donors (Lipinski definition) is 1. The molecule has 0 aliphatic carbocycles. The van der Waals surface area contributed by atoms with Crippen LogP contribution < -0.4 is 9.47 Å². The molecule has 4 aromatic rings. The summed E-state index contributed by atoms with van der Waals surface area (Å²) in [6.07, 6.45) is -9.32. The zero-order valence-electron chi connectivity index (χ0n) is 19.8. The molecule has 0 amide bonds. The zero-order chi connectivity index (χ0) is 27.3. The quantitative estimate of drug-likeness (QED) is 0.234. The lowest BCUT2D eigenvalue weighted by Gasteiger charge is -2.13. The summed E-state index contributed by atoms with van der Waals surface area (Å²) in [4.78, 5) is 0. The minimum absolute atomic E-state index is 0.289. The molecular formula is C29H22F6O3. The third-order valence-electron chi connectivity index (χ3n) is 5.69. The predicted octanol–water partition coefficient (Wildman–Crippen LogP) is 7.96. The van der Waals surface area contributed by atoms with Gasteiger partial charge in [-0.05, 0) is 70.5 Å². The first-order valence-electron chi connectivity index (χ1n) is 11.5. The SMILES string of the molecule is OC(Cc1ccc(-c2ccc(OC(F)(F)F)cc2)cc1)Cc1ccc(-c2ccc(OC(F)(F)F)cc2)cc1. The van der Waals surface area contributed by atoms with Crippen molar-refractivity contribution in [3.05, 3.63) is 108 Å². The summed E-state index contributed by atoms with van der Waals surface area (Å²) in [7, 11) is 0. The van der Waals surface area contributed by atoms with Gasteiger partial charge in [0.2, 0.25) is 0 Å². The van der Waals surface area contributed by atoms with Gasteiger partial charge in [-0.1, -0.05) is 72.8 Å². The Bertz CT molecular complexity index is 1210. The van der Waals surface area contributed by atoms with Gasteiger partial charge in [-0.3, -0.25) is 0 Å². The van der Waals surface area contributed by atoms with Gasteiger partial charge in [0.05, 0.1) is 6.10 Å². The maximum atomic E-state index is 12.3. The van der Waals surface area contributed by atoms with Crippen LogP contribution in [0.5, 0.6) is 11.5 Å². The molecule has 3 nitrogen and oxygen atoms in total. The van der Waals surface area contributed by atoms with E-state index in [2.05, 4.69) is 9.47 Å². The molecule has 0 saturated carbocycles. The second kappa shape index (κ2) is 11.2. The highest BCUT2D eigenvalue weighted by atomic mass is 19.4. The standard InChI is InChI=1S/C29H22F6O3/c30-28(31,32)37-26-13-9-23(10-14-26)21-5-1-19(2-6-21)17-25(36)18-20-3-7-22(8-4-20)24-11-15-27(16-12-24)38-29(33,34)35/h1-16,25,36H,17-18H2. The van der Waals surface area contributed by atoms with Crippen molar-refractivity contribution in [2.75, 3.05) is 0 Å². The van der Waals surface area contributed by atoms with Gasteiger partial charge in [-0.25, -0.2) is 0 Å². The van der Waals surface area contributed by atoms with Gasteiger partial charge in [0.15, 0.2) is 0 Å². The van der Waals surface area contributed by atoms with Crippen molar-refractivity contribution >= 4 is 0 Å². The summed E-state index contributed by atoms with van der Waals surface area (Å²) in [5.74, 6) is -0.579. The van der Waals surface area contributed by atoms with Gasteiger partial charge in [0.1, 0.15) is 11.5 Å². The van der Waals surface area contributed by atoms with Crippen molar-refractivity contribution in [2.45, 2.75) is 31.7 Å². The van der Waals surface area contributed by atoms with E-state index < -0.39 is 18.8 Å². The fourth-order valence-corrected chi connectivity index (χ4v) is 3.98. The van der Waals surface area contributed by atoms with Crippen molar-refractivity contribution in [1.82, 2.24) is 0 Å². The number of alkyl halides is 6. The van der Waals surface area contributed by atoms with E-state index in [4.69, 9.17) is 0 Å². The lowest BCUT2D eigenvalue weighted by atomic mass is 9.97. The molecule has 9 heteroatoms. The van der Waals surface area contributed by atoms with Crippen LogP contribution in [0.1, 0.15) is 11.1 Å². The van der Waals surface area contributed by atoms with Gasteiger partial charge in [0, 0.05) is 0 Å². The van der Waals surface area contributed by atoms with Crippen molar-refractivity contribution in [3.63, 3.8) is 0 Å². The Kier molecular flexibility index (Phi) is 7.97. The molecule has 0 unspecified atom stereocenters. The van der Waals surface area contributed by atoms with Gasteiger partial charge in [-0.15, -0.1) is 26.3 Å². The molecule has 0 bridgehead atoms. The largest absolute Gasteiger partial charge is 0.573 e. The van der Waals surface area contributed by atoms with Crippen LogP contribution in [0.3, 0.4) is 0 Å². The van der Waals surface area contributed by atoms with Crippen LogP contribution >= 0.6 is 0 Å². The van der Waals surface area contributed by atoms with Crippen LogP contribution in [0.25, 0.3) is 22.3 Å². The van der Waals surface area contributed by atoms with Crippen molar-refractivity contribution in [3.8, 4) is 33.8 Å². The number of benzene rings is 4. The Morgan fingerprint density at radius 3 is 1.00 bits per heavy atom. The first-order chi connectivity index (χ1) is 17.9. The summed E-state index contributed by atoms with van der Waals surface area (Å²) in [6, 6.07) is 25.9.